The average Bonchev–Trinajstić information content (AvgIpc) is 2.82. The lowest BCUT2D eigenvalue weighted by atomic mass is 9.42. The molecule has 4 rings (SSSR count). The van der Waals surface area contributed by atoms with E-state index in [1.807, 2.05) is 13.0 Å². The minimum atomic E-state index is -1.97. The molecular formula is C21H32O6. The van der Waals surface area contributed by atoms with Crippen LogP contribution in [0.5, 0.6) is 0 Å². The van der Waals surface area contributed by atoms with Gasteiger partial charge in [0.15, 0.2) is 0 Å². The summed E-state index contributed by atoms with van der Waals surface area (Å²) in [5.41, 5.74) is -4.31. The summed E-state index contributed by atoms with van der Waals surface area (Å²) in [6, 6.07) is 0. The van der Waals surface area contributed by atoms with Gasteiger partial charge >= 0.3 is 0 Å². The molecule has 0 aromatic heterocycles. The molecule has 3 fully saturated rings. The van der Waals surface area contributed by atoms with Crippen molar-refractivity contribution in [1.29, 1.82) is 0 Å². The van der Waals surface area contributed by atoms with Crippen LogP contribution in [0.15, 0.2) is 11.6 Å². The number of carbonyl (C=O) groups excluding carboxylic acids is 1. The van der Waals surface area contributed by atoms with E-state index in [9.17, 15) is 30.3 Å². The first kappa shape index (κ1) is 19.5. The van der Waals surface area contributed by atoms with Crippen molar-refractivity contribution in [2.45, 2.75) is 88.8 Å². The molecule has 0 heterocycles. The standard InChI is InChI=1S/C21H32O6/c1-11(22)14-9-17(25)21(27)19(14,3)16(24)10-15-18(2)6-5-13(23)8-12(18)4-7-20(15,21)26/h4,13-17,23-27H,5-10H2,1-3H3/t13-,14+,15+,16+,17+,18-,19-,20-,21+/m0/s1. The summed E-state index contributed by atoms with van der Waals surface area (Å²) >= 11 is 0. The Balaban J connectivity index is 1.88. The number of hydrogen-bond donors (Lipinski definition) is 5. The molecule has 0 unspecified atom stereocenters. The number of Topliss-reactive ketones (excluding diaryl/α,β-unsaturated/α-hetero) is 1. The van der Waals surface area contributed by atoms with E-state index >= 15 is 0 Å². The molecule has 0 bridgehead atoms. The van der Waals surface area contributed by atoms with E-state index in [4.69, 9.17) is 0 Å². The first-order valence-corrected chi connectivity index (χ1v) is 10.1. The van der Waals surface area contributed by atoms with Crippen LogP contribution in [-0.4, -0.2) is 60.8 Å². The molecule has 9 atom stereocenters. The molecule has 0 saturated heterocycles. The molecule has 0 aromatic carbocycles. The fourth-order valence-corrected chi connectivity index (χ4v) is 7.32. The molecule has 6 nitrogen and oxygen atoms in total. The number of carbonyl (C=O) groups is 1. The SMILES string of the molecule is CC(=O)[C@H]1C[C@@H](O)[C@@]2(O)[C@]1(C)[C@H](O)C[C@@H]1[C@@]3(C)CC[C@H](O)CC3=CC[C@]12O. The fraction of sp³-hybridized carbons (Fsp3) is 0.857. The zero-order chi connectivity index (χ0) is 20.0. The highest BCUT2D eigenvalue weighted by Gasteiger charge is 2.79. The Hall–Kier alpha value is -0.790. The molecule has 0 radical (unpaired) electrons. The number of ketones is 1. The molecule has 27 heavy (non-hydrogen) atoms. The van der Waals surface area contributed by atoms with Crippen LogP contribution < -0.4 is 0 Å². The van der Waals surface area contributed by atoms with Crippen LogP contribution in [-0.2, 0) is 4.79 Å². The van der Waals surface area contributed by atoms with E-state index in [0.717, 1.165) is 5.57 Å². The first-order valence-electron chi connectivity index (χ1n) is 10.1. The number of fused-ring (bicyclic) bond motifs is 5. The number of aliphatic hydroxyl groups excluding tert-OH is 3. The van der Waals surface area contributed by atoms with Crippen LogP contribution in [0.3, 0.4) is 0 Å². The van der Waals surface area contributed by atoms with Crippen molar-refractivity contribution in [3.8, 4) is 0 Å². The van der Waals surface area contributed by atoms with E-state index in [1.54, 1.807) is 6.92 Å². The summed E-state index contributed by atoms with van der Waals surface area (Å²) in [4.78, 5) is 12.3. The minimum Gasteiger partial charge on any atom is -0.393 e. The molecule has 0 aromatic rings. The Morgan fingerprint density at radius 1 is 1.11 bits per heavy atom. The third-order valence-corrected chi connectivity index (χ3v) is 8.98. The van der Waals surface area contributed by atoms with Crippen molar-refractivity contribution in [3.63, 3.8) is 0 Å². The lowest BCUT2D eigenvalue weighted by molar-refractivity contribution is -0.317. The lowest BCUT2D eigenvalue weighted by Crippen LogP contribution is -2.78. The Bertz CT molecular complexity index is 705. The van der Waals surface area contributed by atoms with E-state index in [2.05, 4.69) is 0 Å². The Kier molecular flexibility index (Phi) is 4.07. The van der Waals surface area contributed by atoms with Gasteiger partial charge in [-0.05, 0) is 50.9 Å². The molecule has 5 N–H and O–H groups in total. The second kappa shape index (κ2) is 5.63. The van der Waals surface area contributed by atoms with Crippen molar-refractivity contribution < 1.29 is 30.3 Å². The summed E-state index contributed by atoms with van der Waals surface area (Å²) in [6.07, 6.45) is 1.44. The minimum absolute atomic E-state index is 0.0421. The Labute approximate surface area is 159 Å². The maximum absolute atomic E-state index is 12.3. The van der Waals surface area contributed by atoms with Crippen LogP contribution in [0.4, 0.5) is 0 Å². The normalized spacial score (nSPS) is 57.3. The molecule has 3 saturated carbocycles. The first-order chi connectivity index (χ1) is 12.4. The Morgan fingerprint density at radius 3 is 2.41 bits per heavy atom. The van der Waals surface area contributed by atoms with E-state index in [-0.39, 0.29) is 25.0 Å². The molecule has 152 valence electrons. The van der Waals surface area contributed by atoms with Gasteiger partial charge in [-0.3, -0.25) is 4.79 Å². The van der Waals surface area contributed by atoms with Crippen molar-refractivity contribution in [2.75, 3.05) is 0 Å². The quantitative estimate of drug-likeness (QED) is 0.427. The highest BCUT2D eigenvalue weighted by Crippen LogP contribution is 2.69. The highest BCUT2D eigenvalue weighted by molar-refractivity contribution is 5.80. The molecule has 0 aliphatic heterocycles. The predicted molar refractivity (Wildman–Crippen MR) is 97.6 cm³/mol. The van der Waals surface area contributed by atoms with Gasteiger partial charge in [0, 0.05) is 17.3 Å². The van der Waals surface area contributed by atoms with Crippen LogP contribution in [0.1, 0.15) is 59.3 Å². The van der Waals surface area contributed by atoms with Crippen molar-refractivity contribution in [1.82, 2.24) is 0 Å². The fourth-order valence-electron chi connectivity index (χ4n) is 7.32. The van der Waals surface area contributed by atoms with Gasteiger partial charge in [-0.25, -0.2) is 0 Å². The van der Waals surface area contributed by atoms with Gasteiger partial charge < -0.3 is 25.5 Å². The van der Waals surface area contributed by atoms with Gasteiger partial charge in [-0.15, -0.1) is 0 Å². The van der Waals surface area contributed by atoms with Gasteiger partial charge in [-0.1, -0.05) is 25.5 Å². The van der Waals surface area contributed by atoms with Crippen molar-refractivity contribution >= 4 is 5.78 Å². The van der Waals surface area contributed by atoms with Crippen LogP contribution >= 0.6 is 0 Å². The molecule has 0 spiro atoms. The maximum atomic E-state index is 12.3. The number of hydrogen-bond acceptors (Lipinski definition) is 6. The summed E-state index contributed by atoms with van der Waals surface area (Å²) in [6.45, 7) is 5.09. The largest absolute Gasteiger partial charge is 0.393 e. The second-order valence-corrected chi connectivity index (χ2v) is 9.94. The average molecular weight is 380 g/mol. The monoisotopic (exact) mass is 380 g/mol. The van der Waals surface area contributed by atoms with Crippen LogP contribution in [0, 0.1) is 22.7 Å². The topological polar surface area (TPSA) is 118 Å². The molecule has 4 aliphatic carbocycles. The Morgan fingerprint density at radius 2 is 1.78 bits per heavy atom. The summed E-state index contributed by atoms with van der Waals surface area (Å²) in [7, 11) is 0. The number of rotatable bonds is 1. The van der Waals surface area contributed by atoms with E-state index in [0.29, 0.717) is 19.3 Å². The van der Waals surface area contributed by atoms with Crippen LogP contribution in [0.25, 0.3) is 0 Å². The van der Waals surface area contributed by atoms with Crippen molar-refractivity contribution in [3.05, 3.63) is 11.6 Å². The zero-order valence-corrected chi connectivity index (χ0v) is 16.4. The predicted octanol–water partition coefficient (Wildman–Crippen LogP) is 0.687. The molecule has 6 heteroatoms. The van der Waals surface area contributed by atoms with E-state index < -0.39 is 52.2 Å². The molecule has 4 aliphatic rings. The van der Waals surface area contributed by atoms with Crippen LogP contribution in [0.2, 0.25) is 0 Å². The third kappa shape index (κ3) is 2.06. The highest BCUT2D eigenvalue weighted by atomic mass is 16.4. The summed E-state index contributed by atoms with van der Waals surface area (Å²) < 4.78 is 0. The smallest absolute Gasteiger partial charge is 0.133 e. The summed E-state index contributed by atoms with van der Waals surface area (Å²) in [5.74, 6) is -1.35. The second-order valence-electron chi connectivity index (χ2n) is 9.94. The van der Waals surface area contributed by atoms with Gasteiger partial charge in [0.25, 0.3) is 0 Å². The van der Waals surface area contributed by atoms with Gasteiger partial charge in [-0.2, -0.15) is 0 Å². The zero-order valence-electron chi connectivity index (χ0n) is 16.4. The van der Waals surface area contributed by atoms with E-state index in [1.165, 1.54) is 6.92 Å². The van der Waals surface area contributed by atoms with Crippen molar-refractivity contribution in [2.24, 2.45) is 22.7 Å². The lowest BCUT2D eigenvalue weighted by Gasteiger charge is -2.66. The number of aliphatic hydroxyl groups is 5. The van der Waals surface area contributed by atoms with Gasteiger partial charge in [0.2, 0.25) is 0 Å². The molecule has 0 amide bonds. The third-order valence-electron chi connectivity index (χ3n) is 8.98. The maximum Gasteiger partial charge on any atom is 0.133 e. The van der Waals surface area contributed by atoms with Gasteiger partial charge in [0.1, 0.15) is 17.0 Å². The van der Waals surface area contributed by atoms with Gasteiger partial charge in [0.05, 0.1) is 18.3 Å². The summed E-state index contributed by atoms with van der Waals surface area (Å²) in [5, 5.41) is 55.9. The molecular weight excluding hydrogens is 348 g/mol.